The smallest absolute Gasteiger partial charge is 0.125 e. The van der Waals surface area contributed by atoms with Crippen molar-refractivity contribution >= 4 is 0 Å². The molecule has 0 saturated heterocycles. The summed E-state index contributed by atoms with van der Waals surface area (Å²) in [7, 11) is 3.42. The van der Waals surface area contributed by atoms with Crippen LogP contribution in [0.3, 0.4) is 0 Å². The lowest BCUT2D eigenvalue weighted by molar-refractivity contribution is 0.194. The van der Waals surface area contributed by atoms with Crippen molar-refractivity contribution < 1.29 is 14.6 Å². The summed E-state index contributed by atoms with van der Waals surface area (Å²) >= 11 is 0. The second-order valence-electron chi connectivity index (χ2n) is 4.99. The van der Waals surface area contributed by atoms with E-state index in [4.69, 9.17) is 9.47 Å². The zero-order valence-corrected chi connectivity index (χ0v) is 11.5. The van der Waals surface area contributed by atoms with Gasteiger partial charge in [0, 0.05) is 23.1 Å². The second-order valence-corrected chi connectivity index (χ2v) is 4.99. The van der Waals surface area contributed by atoms with Gasteiger partial charge in [-0.05, 0) is 38.7 Å². The molecule has 100 valence electrons. The first kappa shape index (κ1) is 13.2. The molecule has 0 radical (unpaired) electrons. The Morgan fingerprint density at radius 3 is 2.39 bits per heavy atom. The summed E-state index contributed by atoms with van der Waals surface area (Å²) in [6.07, 6.45) is 4.75. The molecule has 1 aromatic carbocycles. The Morgan fingerprint density at radius 2 is 1.83 bits per heavy atom. The Bertz CT molecular complexity index is 424. The van der Waals surface area contributed by atoms with E-state index in [0.29, 0.717) is 6.42 Å². The van der Waals surface area contributed by atoms with Gasteiger partial charge in [-0.15, -0.1) is 0 Å². The van der Waals surface area contributed by atoms with Crippen LogP contribution in [-0.2, 0) is 19.3 Å². The molecule has 0 fully saturated rings. The number of methoxy groups -OCH3 is 2. The summed E-state index contributed by atoms with van der Waals surface area (Å²) in [6.45, 7) is 1.80. The molecule has 1 aliphatic rings. The van der Waals surface area contributed by atoms with Crippen LogP contribution in [0.5, 0.6) is 11.5 Å². The van der Waals surface area contributed by atoms with E-state index in [-0.39, 0.29) is 6.10 Å². The molecule has 2 rings (SSSR count). The zero-order valence-electron chi connectivity index (χ0n) is 11.5. The molecule has 0 saturated carbocycles. The Balaban J connectivity index is 2.53. The van der Waals surface area contributed by atoms with Crippen LogP contribution in [0.25, 0.3) is 0 Å². The Hall–Kier alpha value is -1.22. The summed E-state index contributed by atoms with van der Waals surface area (Å²) in [6, 6.07) is 2.02. The number of hydrogen-bond acceptors (Lipinski definition) is 3. The quantitative estimate of drug-likeness (QED) is 0.892. The molecule has 3 nitrogen and oxygen atoms in total. The molecule has 0 heterocycles. The van der Waals surface area contributed by atoms with Crippen LogP contribution in [0.15, 0.2) is 6.07 Å². The van der Waals surface area contributed by atoms with Crippen LogP contribution in [-0.4, -0.2) is 25.4 Å². The van der Waals surface area contributed by atoms with Gasteiger partial charge in [-0.3, -0.25) is 0 Å². The van der Waals surface area contributed by atoms with Crippen molar-refractivity contribution in [2.24, 2.45) is 0 Å². The molecule has 1 unspecified atom stereocenters. The van der Waals surface area contributed by atoms with Gasteiger partial charge >= 0.3 is 0 Å². The topological polar surface area (TPSA) is 38.7 Å². The van der Waals surface area contributed by atoms with Crippen molar-refractivity contribution in [2.75, 3.05) is 14.2 Å². The van der Waals surface area contributed by atoms with Gasteiger partial charge in [0.2, 0.25) is 0 Å². The minimum absolute atomic E-state index is 0.370. The Kier molecular flexibility index (Phi) is 4.12. The molecule has 0 aromatic heterocycles. The molecule has 0 spiro atoms. The number of aliphatic hydroxyl groups excluding tert-OH is 1. The standard InChI is InChI=1S/C15H22O3/c1-10(16)8-11-9-14(17-2)12-6-4-5-7-13(12)15(11)18-3/h9-10,16H,4-8H2,1-3H3. The fourth-order valence-electron chi connectivity index (χ4n) is 2.84. The third-order valence-corrected chi connectivity index (χ3v) is 3.58. The molecule has 3 heteroatoms. The highest BCUT2D eigenvalue weighted by molar-refractivity contribution is 5.55. The van der Waals surface area contributed by atoms with Gasteiger partial charge in [0.15, 0.2) is 0 Å². The van der Waals surface area contributed by atoms with Gasteiger partial charge in [0.1, 0.15) is 11.5 Å². The van der Waals surface area contributed by atoms with E-state index in [2.05, 4.69) is 0 Å². The zero-order chi connectivity index (χ0) is 13.1. The van der Waals surface area contributed by atoms with Crippen molar-refractivity contribution in [1.29, 1.82) is 0 Å². The molecule has 1 aliphatic carbocycles. The van der Waals surface area contributed by atoms with Crippen LogP contribution in [0.2, 0.25) is 0 Å². The summed E-state index contributed by atoms with van der Waals surface area (Å²) in [5, 5.41) is 9.60. The number of benzene rings is 1. The highest BCUT2D eigenvalue weighted by atomic mass is 16.5. The molecule has 18 heavy (non-hydrogen) atoms. The van der Waals surface area contributed by atoms with Gasteiger partial charge < -0.3 is 14.6 Å². The monoisotopic (exact) mass is 250 g/mol. The highest BCUT2D eigenvalue weighted by Gasteiger charge is 2.22. The fraction of sp³-hybridized carbons (Fsp3) is 0.600. The van der Waals surface area contributed by atoms with E-state index >= 15 is 0 Å². The van der Waals surface area contributed by atoms with Crippen molar-refractivity contribution in [2.45, 2.75) is 45.1 Å². The van der Waals surface area contributed by atoms with Crippen molar-refractivity contribution in [3.63, 3.8) is 0 Å². The maximum Gasteiger partial charge on any atom is 0.125 e. The molecular formula is C15H22O3. The first-order valence-corrected chi connectivity index (χ1v) is 6.61. The summed E-state index contributed by atoms with van der Waals surface area (Å²) < 4.78 is 11.1. The van der Waals surface area contributed by atoms with Crippen LogP contribution in [0.4, 0.5) is 0 Å². The highest BCUT2D eigenvalue weighted by Crippen LogP contribution is 2.39. The van der Waals surface area contributed by atoms with E-state index in [0.717, 1.165) is 29.9 Å². The van der Waals surface area contributed by atoms with Crippen LogP contribution < -0.4 is 9.47 Å². The maximum atomic E-state index is 9.60. The van der Waals surface area contributed by atoms with Gasteiger partial charge in [-0.1, -0.05) is 0 Å². The molecule has 0 bridgehead atoms. The number of ether oxygens (including phenoxy) is 2. The third-order valence-electron chi connectivity index (χ3n) is 3.58. The first-order valence-electron chi connectivity index (χ1n) is 6.61. The van der Waals surface area contributed by atoms with Crippen LogP contribution in [0.1, 0.15) is 36.5 Å². The number of hydrogen-bond donors (Lipinski definition) is 1. The third kappa shape index (κ3) is 2.46. The predicted molar refractivity (Wildman–Crippen MR) is 71.6 cm³/mol. The molecule has 1 aromatic rings. The minimum Gasteiger partial charge on any atom is -0.496 e. The minimum atomic E-state index is -0.370. The van der Waals surface area contributed by atoms with Crippen LogP contribution >= 0.6 is 0 Å². The maximum absolute atomic E-state index is 9.60. The van der Waals surface area contributed by atoms with E-state index in [1.54, 1.807) is 21.1 Å². The predicted octanol–water partition coefficient (Wildman–Crippen LogP) is 2.51. The first-order chi connectivity index (χ1) is 8.67. The Morgan fingerprint density at radius 1 is 1.17 bits per heavy atom. The largest absolute Gasteiger partial charge is 0.496 e. The normalized spacial score (nSPS) is 16.0. The summed E-state index contributed by atoms with van der Waals surface area (Å²) in [5.74, 6) is 1.90. The summed E-state index contributed by atoms with van der Waals surface area (Å²) in [5.41, 5.74) is 3.61. The number of fused-ring (bicyclic) bond motifs is 1. The molecule has 0 amide bonds. The van der Waals surface area contributed by atoms with Gasteiger partial charge in [0.25, 0.3) is 0 Å². The lowest BCUT2D eigenvalue weighted by Crippen LogP contribution is -2.12. The second kappa shape index (κ2) is 5.61. The fourth-order valence-corrected chi connectivity index (χ4v) is 2.84. The summed E-state index contributed by atoms with van der Waals surface area (Å²) in [4.78, 5) is 0. The van der Waals surface area contributed by atoms with Gasteiger partial charge in [0.05, 0.1) is 20.3 Å². The SMILES string of the molecule is COc1cc(CC(C)O)c(OC)c2c1CCCC2. The average molecular weight is 250 g/mol. The average Bonchev–Trinajstić information content (AvgIpc) is 2.37. The van der Waals surface area contributed by atoms with E-state index < -0.39 is 0 Å². The molecule has 1 N–H and O–H groups in total. The van der Waals surface area contributed by atoms with E-state index in [9.17, 15) is 5.11 Å². The van der Waals surface area contributed by atoms with Gasteiger partial charge in [-0.25, -0.2) is 0 Å². The lowest BCUT2D eigenvalue weighted by atomic mass is 9.87. The van der Waals surface area contributed by atoms with Crippen LogP contribution in [0, 0.1) is 0 Å². The van der Waals surface area contributed by atoms with Crippen molar-refractivity contribution in [3.8, 4) is 11.5 Å². The molecule has 1 atom stereocenters. The lowest BCUT2D eigenvalue weighted by Gasteiger charge is -2.24. The molecule has 0 aliphatic heterocycles. The number of rotatable bonds is 4. The number of aliphatic hydroxyl groups is 1. The van der Waals surface area contributed by atoms with E-state index in [1.807, 2.05) is 6.07 Å². The van der Waals surface area contributed by atoms with Crippen molar-refractivity contribution in [1.82, 2.24) is 0 Å². The Labute approximate surface area is 109 Å². The van der Waals surface area contributed by atoms with Crippen molar-refractivity contribution in [3.05, 3.63) is 22.8 Å². The van der Waals surface area contributed by atoms with E-state index in [1.165, 1.54) is 24.0 Å². The van der Waals surface area contributed by atoms with Gasteiger partial charge in [-0.2, -0.15) is 0 Å². The molecular weight excluding hydrogens is 228 g/mol.